The van der Waals surface area contributed by atoms with Gasteiger partial charge in [-0.15, -0.1) is 0 Å². The molecule has 13 heavy (non-hydrogen) atoms. The summed E-state index contributed by atoms with van der Waals surface area (Å²) < 4.78 is 0. The van der Waals surface area contributed by atoms with Crippen LogP contribution in [0.25, 0.3) is 0 Å². The highest BCUT2D eigenvalue weighted by Gasteiger charge is 2.09. The van der Waals surface area contributed by atoms with Gasteiger partial charge in [-0.05, 0) is 0 Å². The van der Waals surface area contributed by atoms with Gasteiger partial charge in [-0.2, -0.15) is 0 Å². The van der Waals surface area contributed by atoms with Crippen molar-refractivity contribution in [3.8, 4) is 0 Å². The van der Waals surface area contributed by atoms with Gasteiger partial charge in [0.05, 0.1) is 8.80 Å². The second-order valence-electron chi connectivity index (χ2n) is 3.68. The summed E-state index contributed by atoms with van der Waals surface area (Å²) in [5.74, 6) is 0. The molecule has 0 unspecified atom stereocenters. The minimum Gasteiger partial charge on any atom is -0.0656 e. The van der Waals surface area contributed by atoms with Crippen molar-refractivity contribution in [3.63, 3.8) is 0 Å². The number of rotatable bonds is 5. The van der Waals surface area contributed by atoms with Crippen LogP contribution in [-0.4, -0.2) is 8.80 Å². The second-order valence-corrected chi connectivity index (χ2v) is 6.90. The van der Waals surface area contributed by atoms with Gasteiger partial charge >= 0.3 is 0 Å². The lowest BCUT2D eigenvalue weighted by Crippen LogP contribution is -2.28. The zero-order chi connectivity index (χ0) is 9.52. The molecule has 1 heteroatoms. The largest absolute Gasteiger partial charge is 0.0708 e. The molecular weight excluding hydrogens is 172 g/mol. The van der Waals surface area contributed by atoms with Crippen molar-refractivity contribution >= 4 is 14.0 Å². The van der Waals surface area contributed by atoms with E-state index in [0.29, 0.717) is 0 Å². The van der Waals surface area contributed by atoms with E-state index in [9.17, 15) is 0 Å². The molecule has 0 radical (unpaired) electrons. The van der Waals surface area contributed by atoms with Crippen LogP contribution in [0.1, 0.15) is 26.7 Å². The fourth-order valence-corrected chi connectivity index (χ4v) is 5.02. The lowest BCUT2D eigenvalue weighted by molar-refractivity contribution is 1.01. The van der Waals surface area contributed by atoms with Gasteiger partial charge in [0.2, 0.25) is 0 Å². The van der Waals surface area contributed by atoms with E-state index in [-0.39, 0.29) is 0 Å². The molecule has 0 amide bonds. The maximum atomic E-state index is 2.32. The van der Waals surface area contributed by atoms with E-state index in [1.54, 1.807) is 5.19 Å². The predicted molar refractivity (Wildman–Crippen MR) is 63.4 cm³/mol. The molecule has 1 aromatic rings. The maximum Gasteiger partial charge on any atom is 0.0708 e. The monoisotopic (exact) mass is 192 g/mol. The van der Waals surface area contributed by atoms with E-state index in [0.717, 1.165) is 0 Å². The Morgan fingerprint density at radius 1 is 0.923 bits per heavy atom. The first kappa shape index (κ1) is 10.5. The maximum absolute atomic E-state index is 2.32. The molecule has 1 rings (SSSR count). The Labute approximate surface area is 83.6 Å². The quantitative estimate of drug-likeness (QED) is 0.629. The molecule has 0 atom stereocenters. The van der Waals surface area contributed by atoms with Crippen molar-refractivity contribution in [1.82, 2.24) is 0 Å². The molecule has 0 heterocycles. The summed E-state index contributed by atoms with van der Waals surface area (Å²) in [6.07, 6.45) is 2.71. The fraction of sp³-hybridized carbons (Fsp3) is 0.500. The molecule has 0 aliphatic carbocycles. The third-order valence-corrected chi connectivity index (χ3v) is 6.42. The van der Waals surface area contributed by atoms with Crippen LogP contribution >= 0.6 is 0 Å². The molecule has 0 aliphatic rings. The van der Waals surface area contributed by atoms with Gasteiger partial charge in [0, 0.05) is 0 Å². The van der Waals surface area contributed by atoms with Crippen LogP contribution in [0.3, 0.4) is 0 Å². The molecular formula is C12H20Si. The van der Waals surface area contributed by atoms with Crippen molar-refractivity contribution < 1.29 is 0 Å². The third-order valence-electron chi connectivity index (χ3n) is 2.55. The van der Waals surface area contributed by atoms with Crippen LogP contribution in [-0.2, 0) is 0 Å². The minimum absolute atomic E-state index is 0.592. The SMILES string of the molecule is CCC[SiH](CCC)c1ccccc1. The topological polar surface area (TPSA) is 0 Å². The normalized spacial score (nSPS) is 10.7. The first-order valence-corrected chi connectivity index (χ1v) is 7.64. The van der Waals surface area contributed by atoms with E-state index in [1.165, 1.54) is 24.9 Å². The molecule has 0 bridgehead atoms. The molecule has 0 aliphatic heterocycles. The lowest BCUT2D eigenvalue weighted by atomic mass is 10.4. The van der Waals surface area contributed by atoms with E-state index in [4.69, 9.17) is 0 Å². The molecule has 0 N–H and O–H groups in total. The summed E-state index contributed by atoms with van der Waals surface area (Å²) in [6, 6.07) is 14.1. The second kappa shape index (κ2) is 5.98. The number of benzene rings is 1. The van der Waals surface area contributed by atoms with Crippen molar-refractivity contribution in [3.05, 3.63) is 30.3 Å². The number of hydrogen-bond donors (Lipinski definition) is 0. The van der Waals surface area contributed by atoms with E-state index in [1.807, 2.05) is 0 Å². The van der Waals surface area contributed by atoms with Gasteiger partial charge in [0.15, 0.2) is 0 Å². The van der Waals surface area contributed by atoms with Crippen LogP contribution in [0.15, 0.2) is 30.3 Å². The highest BCUT2D eigenvalue weighted by atomic mass is 28.3. The van der Waals surface area contributed by atoms with E-state index in [2.05, 4.69) is 44.2 Å². The van der Waals surface area contributed by atoms with Crippen LogP contribution in [0.5, 0.6) is 0 Å². The Morgan fingerprint density at radius 3 is 1.92 bits per heavy atom. The van der Waals surface area contributed by atoms with Gasteiger partial charge < -0.3 is 0 Å². The first-order valence-electron chi connectivity index (χ1n) is 5.43. The Morgan fingerprint density at radius 2 is 1.46 bits per heavy atom. The van der Waals surface area contributed by atoms with Gasteiger partial charge in [-0.25, -0.2) is 0 Å². The number of hydrogen-bond acceptors (Lipinski definition) is 0. The Hall–Kier alpha value is -0.563. The van der Waals surface area contributed by atoms with Crippen molar-refractivity contribution in [1.29, 1.82) is 0 Å². The standard InChI is InChI=1S/C12H20Si/c1-3-10-13(11-4-2)12-8-6-5-7-9-12/h5-9,13H,3-4,10-11H2,1-2H3. The summed E-state index contributed by atoms with van der Waals surface area (Å²) in [7, 11) is -0.592. The fourth-order valence-electron chi connectivity index (χ4n) is 1.90. The molecule has 0 saturated carbocycles. The predicted octanol–water partition coefficient (Wildman–Crippen LogP) is 2.94. The van der Waals surface area contributed by atoms with Crippen LogP contribution in [0.4, 0.5) is 0 Å². The average Bonchev–Trinajstić information content (AvgIpc) is 2.19. The van der Waals surface area contributed by atoms with Gasteiger partial charge in [-0.1, -0.05) is 74.3 Å². The van der Waals surface area contributed by atoms with Crippen molar-refractivity contribution in [2.45, 2.75) is 38.8 Å². The van der Waals surface area contributed by atoms with E-state index >= 15 is 0 Å². The Balaban J connectivity index is 2.64. The zero-order valence-corrected chi connectivity index (χ0v) is 9.95. The summed E-state index contributed by atoms with van der Waals surface area (Å²) in [5, 5.41) is 1.66. The summed E-state index contributed by atoms with van der Waals surface area (Å²) in [4.78, 5) is 0. The summed E-state index contributed by atoms with van der Waals surface area (Å²) in [6.45, 7) is 4.61. The Kier molecular flexibility index (Phi) is 4.84. The van der Waals surface area contributed by atoms with Gasteiger partial charge in [0.25, 0.3) is 0 Å². The average molecular weight is 192 g/mol. The molecule has 0 fully saturated rings. The molecule has 0 spiro atoms. The summed E-state index contributed by atoms with van der Waals surface area (Å²) in [5.41, 5.74) is 0. The van der Waals surface area contributed by atoms with Crippen molar-refractivity contribution in [2.24, 2.45) is 0 Å². The van der Waals surface area contributed by atoms with Crippen LogP contribution < -0.4 is 5.19 Å². The van der Waals surface area contributed by atoms with Crippen LogP contribution in [0.2, 0.25) is 12.1 Å². The molecule has 0 aromatic heterocycles. The highest BCUT2D eigenvalue weighted by Crippen LogP contribution is 2.06. The molecule has 1 aromatic carbocycles. The van der Waals surface area contributed by atoms with E-state index < -0.39 is 8.80 Å². The molecule has 72 valence electrons. The lowest BCUT2D eigenvalue weighted by Gasteiger charge is -2.13. The highest BCUT2D eigenvalue weighted by molar-refractivity contribution is 6.73. The smallest absolute Gasteiger partial charge is 0.0656 e. The van der Waals surface area contributed by atoms with Gasteiger partial charge in [0.1, 0.15) is 0 Å². The minimum atomic E-state index is -0.592. The van der Waals surface area contributed by atoms with Gasteiger partial charge in [-0.3, -0.25) is 0 Å². The Bertz CT molecular complexity index is 212. The summed E-state index contributed by atoms with van der Waals surface area (Å²) >= 11 is 0. The molecule has 0 nitrogen and oxygen atoms in total. The van der Waals surface area contributed by atoms with Crippen LogP contribution in [0, 0.1) is 0 Å². The molecule has 0 saturated heterocycles. The zero-order valence-electron chi connectivity index (χ0n) is 8.79. The third kappa shape index (κ3) is 3.35. The first-order chi connectivity index (χ1) is 6.38. The van der Waals surface area contributed by atoms with Crippen molar-refractivity contribution in [2.75, 3.05) is 0 Å².